The Balaban J connectivity index is 0.000000152. The summed E-state index contributed by atoms with van der Waals surface area (Å²) in [5.74, 6) is 0. The Labute approximate surface area is 419 Å². The first-order valence-electron chi connectivity index (χ1n) is 25.2. The lowest BCUT2D eigenvalue weighted by Gasteiger charge is -2.09. The molecule has 0 radical (unpaired) electrons. The summed E-state index contributed by atoms with van der Waals surface area (Å²) in [5, 5.41) is 16.2. The molecule has 350 valence electrons. The number of aryl methyl sites for hydroxylation is 6. The molecule has 0 N–H and O–H groups in total. The molecule has 0 saturated carbocycles. The van der Waals surface area contributed by atoms with Crippen molar-refractivity contribution < 1.29 is 0 Å². The van der Waals surface area contributed by atoms with Crippen molar-refractivity contribution >= 4 is 159 Å². The molecule has 0 bridgehead atoms. The van der Waals surface area contributed by atoms with Gasteiger partial charge >= 0.3 is 0 Å². The highest BCUT2D eigenvalue weighted by Crippen LogP contribution is 2.50. The zero-order valence-electron chi connectivity index (χ0n) is 42.4. The van der Waals surface area contributed by atoms with Crippen LogP contribution in [0, 0.1) is 20.8 Å². The smallest absolute Gasteiger partial charge is 0.0592 e. The van der Waals surface area contributed by atoms with Crippen molar-refractivity contribution in [1.29, 1.82) is 0 Å². The number of hydrogen-bond acceptors (Lipinski definition) is 2. The average molecular weight is 951 g/mol. The molecule has 0 aliphatic rings. The van der Waals surface area contributed by atoms with Crippen LogP contribution in [-0.4, -0.2) is 18.3 Å². The van der Waals surface area contributed by atoms with E-state index in [-0.39, 0.29) is 0 Å². The highest BCUT2D eigenvalue weighted by Gasteiger charge is 2.25. The number of thiophene rings is 2. The molecule has 12 aromatic rings. The van der Waals surface area contributed by atoms with Crippen LogP contribution < -0.4 is 0 Å². The Morgan fingerprint density at radius 3 is 1.43 bits per heavy atom. The third kappa shape index (κ3) is 6.25. The lowest BCUT2D eigenvalue weighted by atomic mass is 9.98. The van der Waals surface area contributed by atoms with Gasteiger partial charge in [0.25, 0.3) is 0 Å². The highest BCUT2D eigenvalue weighted by molar-refractivity contribution is 7.27. The first kappa shape index (κ1) is 45.6. The van der Waals surface area contributed by atoms with Gasteiger partial charge in [-0.3, -0.25) is 0 Å². The zero-order valence-corrected chi connectivity index (χ0v) is 44.0. The van der Waals surface area contributed by atoms with Crippen LogP contribution in [0.3, 0.4) is 0 Å². The second-order valence-electron chi connectivity index (χ2n) is 18.6. The summed E-state index contributed by atoms with van der Waals surface area (Å²) >= 11 is 3.87. The number of fused-ring (bicyclic) bond motifs is 18. The van der Waals surface area contributed by atoms with Gasteiger partial charge in [-0.05, 0) is 128 Å². The van der Waals surface area contributed by atoms with Crippen LogP contribution in [0.1, 0.15) is 93.5 Å². The van der Waals surface area contributed by atoms with Gasteiger partial charge in [0, 0.05) is 138 Å². The van der Waals surface area contributed by atoms with E-state index >= 15 is 0 Å². The van der Waals surface area contributed by atoms with Gasteiger partial charge < -0.3 is 18.3 Å². The zero-order chi connectivity index (χ0) is 48.9. The summed E-state index contributed by atoms with van der Waals surface area (Å²) in [4.78, 5) is 0. The minimum atomic E-state index is 0.884. The predicted octanol–water partition coefficient (Wildman–Crippen LogP) is 19.6. The summed E-state index contributed by atoms with van der Waals surface area (Å²) in [6.07, 6.45) is 17.3. The standard InChI is InChI=1S/C32H32N2S.C32H30N2S/c1-7-13-21-20(6)33(9-3)31-22-15-11-12-16-23(22)32-30(29(21)31)25-17-24-19(5)26(14-8-2)34(10-4)27(24)18-28(25)35-32;1-7-14-26-19(6)23-17-24-28(18-27(23)33(26)10-4)35-32-22-16-13-12-15-21(22)29-20(8-2)25(9-3)34(11-5)31(29)30(24)32/h7-8,11-18H,9-10H2,1-6H3;7-9,12-18H,2-3,10-11H2,1,4-6H3/b13-7-,14-8-;14-7-. The van der Waals surface area contributed by atoms with E-state index < -0.39 is 0 Å². The van der Waals surface area contributed by atoms with E-state index in [0.717, 1.165) is 31.9 Å². The van der Waals surface area contributed by atoms with E-state index in [4.69, 9.17) is 0 Å². The van der Waals surface area contributed by atoms with Gasteiger partial charge in [0.2, 0.25) is 0 Å². The number of benzene rings is 6. The van der Waals surface area contributed by atoms with E-state index in [9.17, 15) is 0 Å². The van der Waals surface area contributed by atoms with Gasteiger partial charge in [0.15, 0.2) is 0 Å². The van der Waals surface area contributed by atoms with Crippen LogP contribution >= 0.6 is 22.7 Å². The van der Waals surface area contributed by atoms with Crippen molar-refractivity contribution in [3.05, 3.63) is 149 Å². The maximum absolute atomic E-state index is 4.20. The van der Waals surface area contributed by atoms with Crippen molar-refractivity contribution in [3.63, 3.8) is 0 Å². The van der Waals surface area contributed by atoms with Crippen LogP contribution in [0.5, 0.6) is 0 Å². The van der Waals surface area contributed by atoms with Gasteiger partial charge in [-0.2, -0.15) is 0 Å². The van der Waals surface area contributed by atoms with Gasteiger partial charge in [0.05, 0.1) is 22.1 Å². The number of nitrogens with zero attached hydrogens (tertiary/aromatic N) is 4. The molecule has 6 heteroatoms. The summed E-state index contributed by atoms with van der Waals surface area (Å²) in [7, 11) is 0. The molecule has 0 amide bonds. The van der Waals surface area contributed by atoms with Gasteiger partial charge in [-0.25, -0.2) is 0 Å². The van der Waals surface area contributed by atoms with Crippen LogP contribution in [0.4, 0.5) is 0 Å². The van der Waals surface area contributed by atoms with Crippen molar-refractivity contribution in [2.24, 2.45) is 0 Å². The van der Waals surface area contributed by atoms with E-state index in [1.165, 1.54) is 145 Å². The highest BCUT2D eigenvalue weighted by atomic mass is 32.1. The molecule has 0 atom stereocenters. The Kier molecular flexibility index (Phi) is 11.4. The fraction of sp³-hybridized carbons (Fsp3) is 0.219. The van der Waals surface area contributed by atoms with Crippen molar-refractivity contribution in [1.82, 2.24) is 18.3 Å². The molecule has 0 spiro atoms. The van der Waals surface area contributed by atoms with Crippen LogP contribution in [0.2, 0.25) is 0 Å². The molecule has 6 heterocycles. The van der Waals surface area contributed by atoms with Crippen LogP contribution in [0.25, 0.3) is 136 Å². The molecule has 0 saturated heterocycles. The maximum atomic E-state index is 4.20. The molecule has 0 unspecified atom stereocenters. The first-order valence-corrected chi connectivity index (χ1v) is 26.8. The average Bonchev–Trinajstić information content (AvgIpc) is 4.20. The molecule has 6 aromatic heterocycles. The number of aromatic nitrogens is 4. The minimum Gasteiger partial charge on any atom is -0.344 e. The maximum Gasteiger partial charge on any atom is 0.0592 e. The third-order valence-electron chi connectivity index (χ3n) is 15.3. The molecule has 0 aliphatic heterocycles. The van der Waals surface area contributed by atoms with E-state index in [0.29, 0.717) is 0 Å². The summed E-state index contributed by atoms with van der Waals surface area (Å²) in [5.41, 5.74) is 15.7. The largest absolute Gasteiger partial charge is 0.344 e. The summed E-state index contributed by atoms with van der Waals surface area (Å²) in [6.45, 7) is 34.3. The Hall–Kier alpha value is -6.86. The molecule has 6 aromatic carbocycles. The van der Waals surface area contributed by atoms with Crippen LogP contribution in [-0.2, 0) is 26.2 Å². The van der Waals surface area contributed by atoms with E-state index in [2.05, 4.69) is 210 Å². The Bertz CT molecular complexity index is 4270. The molecule has 12 rings (SSSR count). The quantitative estimate of drug-likeness (QED) is 0.137. The fourth-order valence-corrected chi connectivity index (χ4v) is 14.8. The first-order chi connectivity index (χ1) is 34.1. The molecular formula is C64H62N4S2. The molecule has 70 heavy (non-hydrogen) atoms. The summed E-state index contributed by atoms with van der Waals surface area (Å²) < 4.78 is 15.3. The number of allylic oxidation sites excluding steroid dienone is 3. The second-order valence-corrected chi connectivity index (χ2v) is 20.7. The van der Waals surface area contributed by atoms with Crippen molar-refractivity contribution in [2.45, 2.75) is 95.4 Å². The molecule has 0 aliphatic carbocycles. The van der Waals surface area contributed by atoms with Crippen molar-refractivity contribution in [3.8, 4) is 0 Å². The third-order valence-corrected chi connectivity index (χ3v) is 17.6. The Morgan fingerprint density at radius 1 is 0.443 bits per heavy atom. The minimum absolute atomic E-state index is 0.884. The SMILES string of the molecule is C/C=C\c1c(C)n(CC)c2c3ccccc3c3sc4cc5c(cc4c3c12)c(C)c(/C=C\C)n5CC.C=Cc1c(C=C)n(CC)c2c1c1ccccc1c1sc3cc4c(cc3c12)c(C)c(/C=C\C)n4CC. The van der Waals surface area contributed by atoms with Crippen molar-refractivity contribution in [2.75, 3.05) is 0 Å². The van der Waals surface area contributed by atoms with Gasteiger partial charge in [-0.15, -0.1) is 22.7 Å². The predicted molar refractivity (Wildman–Crippen MR) is 317 cm³/mol. The van der Waals surface area contributed by atoms with E-state index in [1.54, 1.807) is 0 Å². The monoisotopic (exact) mass is 950 g/mol. The van der Waals surface area contributed by atoms with E-state index in [1.807, 2.05) is 34.8 Å². The van der Waals surface area contributed by atoms with Crippen LogP contribution in [0.15, 0.2) is 104 Å². The Morgan fingerprint density at radius 2 is 0.929 bits per heavy atom. The normalized spacial score (nSPS) is 12.6. The molecular weight excluding hydrogens is 889 g/mol. The summed E-state index contributed by atoms with van der Waals surface area (Å²) in [6, 6.07) is 27.6. The molecule has 0 fully saturated rings. The topological polar surface area (TPSA) is 19.7 Å². The molecule has 4 nitrogen and oxygen atoms in total. The lowest BCUT2D eigenvalue weighted by molar-refractivity contribution is 0.771. The fourth-order valence-electron chi connectivity index (χ4n) is 12.3. The number of rotatable bonds is 9. The lowest BCUT2D eigenvalue weighted by Crippen LogP contribution is -1.97. The van der Waals surface area contributed by atoms with Gasteiger partial charge in [0.1, 0.15) is 0 Å². The van der Waals surface area contributed by atoms with Gasteiger partial charge in [-0.1, -0.05) is 92.1 Å². The number of hydrogen-bond donors (Lipinski definition) is 0. The second kappa shape index (κ2) is 17.5.